The summed E-state index contributed by atoms with van der Waals surface area (Å²) in [6.07, 6.45) is 6.77. The summed E-state index contributed by atoms with van der Waals surface area (Å²) >= 11 is 3.97. The molecule has 0 aliphatic carbocycles. The second-order valence-corrected chi connectivity index (χ2v) is 10.1. The zero-order chi connectivity index (χ0) is 26.1. The van der Waals surface area contributed by atoms with Gasteiger partial charge in [-0.25, -0.2) is 4.98 Å². The Bertz CT molecular complexity index is 1290. The number of hydrogen-bond acceptors (Lipinski definition) is 4. The van der Waals surface area contributed by atoms with Gasteiger partial charge in [0.05, 0.1) is 17.6 Å². The van der Waals surface area contributed by atoms with Crippen LogP contribution < -0.4 is 0 Å². The maximum absolute atomic E-state index is 13.0. The fourth-order valence-electron chi connectivity index (χ4n) is 4.02. The van der Waals surface area contributed by atoms with E-state index >= 15 is 0 Å². The summed E-state index contributed by atoms with van der Waals surface area (Å²) in [4.78, 5) is 17.6. The molecule has 2 aromatic carbocycles. The summed E-state index contributed by atoms with van der Waals surface area (Å²) in [6, 6.07) is 10.9. The molecule has 1 atom stereocenters. The largest absolute Gasteiger partial charge is 0.755 e. The van der Waals surface area contributed by atoms with E-state index in [-0.39, 0.29) is 6.54 Å². The van der Waals surface area contributed by atoms with Gasteiger partial charge in [0.2, 0.25) is 0 Å². The van der Waals surface area contributed by atoms with Crippen LogP contribution in [0.1, 0.15) is 86.1 Å². The number of benzene rings is 2. The number of amides is 1. The predicted molar refractivity (Wildman–Crippen MR) is 146 cm³/mol. The fraction of sp³-hybridized carbons (Fsp3) is 0.429. The first kappa shape index (κ1) is 27.9. The third-order valence-corrected chi connectivity index (χ3v) is 7.14. The summed E-state index contributed by atoms with van der Waals surface area (Å²) in [6.45, 7) is 6.74. The first-order valence-electron chi connectivity index (χ1n) is 12.5. The van der Waals surface area contributed by atoms with Gasteiger partial charge < -0.3 is 9.12 Å². The highest BCUT2D eigenvalue weighted by Gasteiger charge is 2.19. The van der Waals surface area contributed by atoms with Crippen molar-refractivity contribution in [3.05, 3.63) is 63.9 Å². The van der Waals surface area contributed by atoms with Gasteiger partial charge in [-0.3, -0.25) is 13.3 Å². The number of halogens is 1. The molecule has 3 aromatic rings. The molecule has 0 saturated heterocycles. The molecular weight excluding hydrogens is 494 g/mol. The molecule has 3 rings (SSSR count). The van der Waals surface area contributed by atoms with E-state index in [9.17, 15) is 13.6 Å². The number of rotatable bonds is 11. The van der Waals surface area contributed by atoms with Crippen LogP contribution in [0.25, 0.3) is 11.0 Å². The highest BCUT2D eigenvalue weighted by molar-refractivity contribution is 7.77. The Kier molecular flexibility index (Phi) is 10.5. The van der Waals surface area contributed by atoms with E-state index < -0.39 is 17.2 Å². The molecule has 1 heterocycles. The molecule has 1 unspecified atom stereocenters. The van der Waals surface area contributed by atoms with Gasteiger partial charge in [-0.2, -0.15) is 0 Å². The van der Waals surface area contributed by atoms with Crippen molar-refractivity contribution in [2.75, 3.05) is 6.54 Å². The molecule has 0 fully saturated rings. The summed E-state index contributed by atoms with van der Waals surface area (Å²) in [5.41, 5.74) is 3.59. The number of carbonyl (C=O) groups excluding carboxylic acids is 1. The van der Waals surface area contributed by atoms with E-state index in [1.807, 2.05) is 36.6 Å². The minimum Gasteiger partial charge on any atom is -0.755 e. The third-order valence-electron chi connectivity index (χ3n) is 6.08. The Labute approximate surface area is 221 Å². The molecule has 0 radical (unpaired) electrons. The zero-order valence-corrected chi connectivity index (χ0v) is 22.8. The van der Waals surface area contributed by atoms with Crippen LogP contribution >= 0.6 is 11.6 Å². The standard InChI is InChI=1S/C28H34ClN3O3S/c1-4-6-8-9-10-12-22-13-14-24(25(29)18-22)20-31-21(3)30-26-16-15-23(19-27(26)31)28(33)32(36(34)35)17-11-7-5-2/h13-16,18-19H,4-9,11,17,20H2,1-3H3,(H,34,35)/p-1. The number of fused-ring (bicyclic) bond motifs is 1. The Balaban J connectivity index is 1.84. The molecule has 6 nitrogen and oxygen atoms in total. The molecule has 1 amide bonds. The van der Waals surface area contributed by atoms with E-state index in [0.29, 0.717) is 23.6 Å². The maximum atomic E-state index is 13.0. The number of unbranched alkanes of at least 4 members (excludes halogenated alkanes) is 5. The smallest absolute Gasteiger partial charge is 0.264 e. The summed E-state index contributed by atoms with van der Waals surface area (Å²) in [7, 11) is 0. The average Bonchev–Trinajstić information content (AvgIpc) is 3.16. The van der Waals surface area contributed by atoms with Crippen molar-refractivity contribution in [3.63, 3.8) is 0 Å². The molecule has 192 valence electrons. The van der Waals surface area contributed by atoms with Crippen LogP contribution in [0.4, 0.5) is 0 Å². The summed E-state index contributed by atoms with van der Waals surface area (Å²) < 4.78 is 26.3. The summed E-state index contributed by atoms with van der Waals surface area (Å²) in [5, 5.41) is 0.618. The van der Waals surface area contributed by atoms with Gasteiger partial charge in [-0.1, -0.05) is 69.0 Å². The van der Waals surface area contributed by atoms with Gasteiger partial charge in [0.25, 0.3) is 5.91 Å². The number of aryl methyl sites for hydroxylation is 1. The van der Waals surface area contributed by atoms with Crippen LogP contribution in [-0.2, 0) is 17.8 Å². The molecule has 8 heteroatoms. The lowest BCUT2D eigenvalue weighted by molar-refractivity contribution is 0.0857. The van der Waals surface area contributed by atoms with Gasteiger partial charge >= 0.3 is 0 Å². The zero-order valence-electron chi connectivity index (χ0n) is 21.2. The van der Waals surface area contributed by atoms with E-state index in [2.05, 4.69) is 23.7 Å². The van der Waals surface area contributed by atoms with Crippen molar-refractivity contribution >= 4 is 39.8 Å². The minimum atomic E-state index is -2.63. The quantitative estimate of drug-likeness (QED) is 0.164. The first-order chi connectivity index (χ1) is 17.3. The van der Waals surface area contributed by atoms with Crippen molar-refractivity contribution in [3.8, 4) is 11.8 Å². The molecule has 0 aliphatic rings. The van der Waals surface area contributed by atoms with Gasteiger partial charge in [0.1, 0.15) is 5.82 Å². The lowest BCUT2D eigenvalue weighted by Crippen LogP contribution is -2.33. The second-order valence-electron chi connectivity index (χ2n) is 8.85. The lowest BCUT2D eigenvalue weighted by atomic mass is 10.1. The van der Waals surface area contributed by atoms with E-state index in [1.54, 1.807) is 18.2 Å². The molecule has 0 bridgehead atoms. The number of hydrogen-bond donors (Lipinski definition) is 0. The normalized spacial score (nSPS) is 11.8. The van der Waals surface area contributed by atoms with Crippen LogP contribution in [0.15, 0.2) is 36.4 Å². The van der Waals surface area contributed by atoms with Gasteiger partial charge in [0, 0.05) is 40.4 Å². The maximum Gasteiger partial charge on any atom is 0.264 e. The number of nitrogens with zero attached hydrogens (tertiary/aromatic N) is 3. The minimum absolute atomic E-state index is 0.169. The van der Waals surface area contributed by atoms with Crippen LogP contribution in [0.3, 0.4) is 0 Å². The Hall–Kier alpha value is -2.66. The highest BCUT2D eigenvalue weighted by atomic mass is 35.5. The Morgan fingerprint density at radius 3 is 2.56 bits per heavy atom. The monoisotopic (exact) mass is 526 g/mol. The van der Waals surface area contributed by atoms with Gasteiger partial charge in [-0.05, 0) is 55.7 Å². The Morgan fingerprint density at radius 2 is 1.86 bits per heavy atom. The molecule has 36 heavy (non-hydrogen) atoms. The van der Waals surface area contributed by atoms with Crippen LogP contribution in [0, 0.1) is 18.8 Å². The van der Waals surface area contributed by atoms with Crippen molar-refractivity contribution in [1.82, 2.24) is 13.9 Å². The van der Waals surface area contributed by atoms with Crippen LogP contribution in [0.5, 0.6) is 0 Å². The number of carbonyl (C=O) groups is 1. The van der Waals surface area contributed by atoms with Crippen molar-refractivity contribution in [2.45, 2.75) is 72.3 Å². The summed E-state index contributed by atoms with van der Waals surface area (Å²) in [5.74, 6) is 6.63. The molecule has 0 N–H and O–H groups in total. The van der Waals surface area contributed by atoms with Crippen molar-refractivity contribution in [1.29, 1.82) is 0 Å². The predicted octanol–water partition coefficient (Wildman–Crippen LogP) is 6.40. The van der Waals surface area contributed by atoms with Crippen LogP contribution in [0.2, 0.25) is 5.02 Å². The molecule has 1 aromatic heterocycles. The van der Waals surface area contributed by atoms with Crippen LogP contribution in [-0.4, -0.2) is 35.1 Å². The number of imidazole rings is 1. The van der Waals surface area contributed by atoms with E-state index in [4.69, 9.17) is 11.6 Å². The molecular formula is C28H33ClN3O3S-. The topological polar surface area (TPSA) is 78.3 Å². The lowest BCUT2D eigenvalue weighted by Gasteiger charge is -2.24. The fourth-order valence-corrected chi connectivity index (χ4v) is 4.78. The van der Waals surface area contributed by atoms with E-state index in [1.165, 1.54) is 12.8 Å². The second kappa shape index (κ2) is 13.6. The highest BCUT2D eigenvalue weighted by Crippen LogP contribution is 2.24. The molecule has 0 saturated carbocycles. The Morgan fingerprint density at radius 1 is 1.11 bits per heavy atom. The molecule has 0 aliphatic heterocycles. The van der Waals surface area contributed by atoms with Crippen molar-refractivity contribution < 1.29 is 13.6 Å². The van der Waals surface area contributed by atoms with Gasteiger partial charge in [-0.15, -0.1) is 0 Å². The third kappa shape index (κ3) is 7.19. The number of aromatic nitrogens is 2. The molecule has 0 spiro atoms. The average molecular weight is 527 g/mol. The van der Waals surface area contributed by atoms with Crippen molar-refractivity contribution in [2.24, 2.45) is 0 Å². The van der Waals surface area contributed by atoms with E-state index in [0.717, 1.165) is 58.0 Å². The van der Waals surface area contributed by atoms with Gasteiger partial charge in [0.15, 0.2) is 0 Å². The first-order valence-corrected chi connectivity index (χ1v) is 13.9. The SMILES string of the molecule is CCCCCC#Cc1ccc(Cn2c(C)nc3ccc(C(=O)N(CCCCC)S(=O)[O-])cc32)c(Cl)c1.